The average molecular weight is 300 g/mol. The molecule has 0 heterocycles. The number of rotatable bonds is 4. The summed E-state index contributed by atoms with van der Waals surface area (Å²) in [7, 11) is -3.68. The van der Waals surface area contributed by atoms with Crippen LogP contribution in [-0.4, -0.2) is 38.3 Å². The van der Waals surface area contributed by atoms with Crippen molar-refractivity contribution in [1.29, 1.82) is 0 Å². The number of hydrogen-bond donors (Lipinski definition) is 3. The van der Waals surface area contributed by atoms with Crippen molar-refractivity contribution < 1.29 is 22.7 Å². The van der Waals surface area contributed by atoms with E-state index in [9.17, 15) is 17.6 Å². The number of carbonyl (C=O) groups is 1. The highest BCUT2D eigenvalue weighted by atomic mass is 32.2. The lowest BCUT2D eigenvalue weighted by atomic mass is 10.1. The van der Waals surface area contributed by atoms with Crippen molar-refractivity contribution in [3.05, 3.63) is 35.1 Å². The molecule has 4 N–H and O–H groups in total. The van der Waals surface area contributed by atoms with Crippen LogP contribution >= 0.6 is 0 Å². The maximum Gasteiger partial charge on any atom is 0.252 e. The Morgan fingerprint density at radius 1 is 1.45 bits per heavy atom. The highest BCUT2D eigenvalue weighted by molar-refractivity contribution is 7.89. The minimum Gasteiger partial charge on any atom is -0.384 e. The molecule has 0 aliphatic rings. The lowest BCUT2D eigenvalue weighted by molar-refractivity contribution is 0.0955. The van der Waals surface area contributed by atoms with Crippen LogP contribution in [0.1, 0.15) is 15.9 Å². The summed E-state index contributed by atoms with van der Waals surface area (Å²) in [4.78, 5) is 11.8. The minimum atomic E-state index is -3.68. The van der Waals surface area contributed by atoms with E-state index in [2.05, 4.69) is 17.2 Å². The number of benzene rings is 1. The summed E-state index contributed by atoms with van der Waals surface area (Å²) in [5, 5.41) is 15.7. The first kappa shape index (κ1) is 16.1. The first-order chi connectivity index (χ1) is 9.33. The van der Waals surface area contributed by atoms with Crippen molar-refractivity contribution in [2.45, 2.75) is 0 Å². The number of halogens is 1. The summed E-state index contributed by atoms with van der Waals surface area (Å²) in [6, 6.07) is 3.41. The van der Waals surface area contributed by atoms with Gasteiger partial charge in [-0.3, -0.25) is 4.79 Å². The number of aliphatic hydroxyl groups excluding tert-OH is 1. The molecule has 0 unspecified atom stereocenters. The van der Waals surface area contributed by atoms with Gasteiger partial charge in [-0.05, 0) is 18.2 Å². The molecule has 1 aromatic carbocycles. The SMILES string of the molecule is NS(=O)(=O)CCNC(=O)c1cc(F)ccc1C#CCO. The number of nitrogens with one attached hydrogen (secondary N) is 1. The Bertz CT molecular complexity index is 662. The fourth-order valence-corrected chi connectivity index (χ4v) is 1.74. The molecule has 0 fully saturated rings. The van der Waals surface area contributed by atoms with Crippen molar-refractivity contribution in [3.63, 3.8) is 0 Å². The monoisotopic (exact) mass is 300 g/mol. The lowest BCUT2D eigenvalue weighted by Crippen LogP contribution is -2.31. The van der Waals surface area contributed by atoms with Gasteiger partial charge < -0.3 is 10.4 Å². The van der Waals surface area contributed by atoms with Crippen LogP contribution in [0, 0.1) is 17.7 Å². The molecule has 1 aromatic rings. The molecule has 0 spiro atoms. The van der Waals surface area contributed by atoms with Gasteiger partial charge >= 0.3 is 0 Å². The molecule has 0 saturated heterocycles. The number of primary sulfonamides is 1. The maximum atomic E-state index is 13.1. The third kappa shape index (κ3) is 5.36. The van der Waals surface area contributed by atoms with Crippen LogP contribution in [0.25, 0.3) is 0 Å². The van der Waals surface area contributed by atoms with Crippen LogP contribution in [0.4, 0.5) is 4.39 Å². The summed E-state index contributed by atoms with van der Waals surface area (Å²) in [5.74, 6) is 3.13. The Kier molecular flexibility index (Phi) is 5.64. The Hall–Kier alpha value is -1.95. The van der Waals surface area contributed by atoms with Gasteiger partial charge in [-0.1, -0.05) is 11.8 Å². The third-order valence-electron chi connectivity index (χ3n) is 2.20. The van der Waals surface area contributed by atoms with E-state index in [1.54, 1.807) is 0 Å². The zero-order valence-electron chi connectivity index (χ0n) is 10.4. The van der Waals surface area contributed by atoms with Crippen LogP contribution in [-0.2, 0) is 10.0 Å². The van der Waals surface area contributed by atoms with Gasteiger partial charge in [0.25, 0.3) is 5.91 Å². The zero-order chi connectivity index (χ0) is 15.2. The van der Waals surface area contributed by atoms with E-state index in [1.807, 2.05) is 0 Å². The Balaban J connectivity index is 2.88. The highest BCUT2D eigenvalue weighted by Gasteiger charge is 2.12. The number of aliphatic hydroxyl groups is 1. The molecular weight excluding hydrogens is 287 g/mol. The predicted octanol–water partition coefficient (Wildman–Crippen LogP) is -0.812. The molecule has 1 amide bonds. The molecule has 108 valence electrons. The number of sulfonamides is 1. The van der Waals surface area contributed by atoms with Gasteiger partial charge in [0, 0.05) is 12.1 Å². The third-order valence-corrected chi connectivity index (χ3v) is 2.97. The average Bonchev–Trinajstić information content (AvgIpc) is 2.35. The molecule has 20 heavy (non-hydrogen) atoms. The molecule has 0 atom stereocenters. The fourth-order valence-electron chi connectivity index (χ4n) is 1.35. The largest absolute Gasteiger partial charge is 0.384 e. The van der Waals surface area contributed by atoms with Crippen LogP contribution in [0.3, 0.4) is 0 Å². The summed E-state index contributed by atoms with van der Waals surface area (Å²) in [5.41, 5.74) is 0.189. The molecule has 0 aromatic heterocycles. The minimum absolute atomic E-state index is 0.0413. The quantitative estimate of drug-likeness (QED) is 0.632. The second-order valence-electron chi connectivity index (χ2n) is 3.77. The highest BCUT2D eigenvalue weighted by Crippen LogP contribution is 2.10. The molecule has 0 bridgehead atoms. The van der Waals surface area contributed by atoms with Crippen LogP contribution in [0.2, 0.25) is 0 Å². The van der Waals surface area contributed by atoms with Gasteiger partial charge in [-0.15, -0.1) is 0 Å². The molecule has 8 heteroatoms. The molecule has 0 saturated carbocycles. The van der Waals surface area contributed by atoms with Crippen LogP contribution < -0.4 is 10.5 Å². The number of nitrogens with two attached hydrogens (primary N) is 1. The van der Waals surface area contributed by atoms with E-state index in [1.165, 1.54) is 6.07 Å². The topological polar surface area (TPSA) is 109 Å². The zero-order valence-corrected chi connectivity index (χ0v) is 11.2. The first-order valence-corrected chi connectivity index (χ1v) is 7.23. The molecule has 0 aliphatic heterocycles. The molecule has 1 rings (SSSR count). The van der Waals surface area contributed by atoms with Gasteiger partial charge in [0.2, 0.25) is 10.0 Å². The van der Waals surface area contributed by atoms with Crippen molar-refractivity contribution in [3.8, 4) is 11.8 Å². The lowest BCUT2D eigenvalue weighted by Gasteiger charge is -2.06. The molecular formula is C12H13FN2O4S. The number of amides is 1. The second kappa shape index (κ2) is 7.00. The van der Waals surface area contributed by atoms with E-state index in [4.69, 9.17) is 10.2 Å². The van der Waals surface area contributed by atoms with Crippen LogP contribution in [0.15, 0.2) is 18.2 Å². The Morgan fingerprint density at radius 2 is 2.15 bits per heavy atom. The maximum absolute atomic E-state index is 13.1. The number of carbonyl (C=O) groups excluding carboxylic acids is 1. The predicted molar refractivity (Wildman–Crippen MR) is 70.7 cm³/mol. The van der Waals surface area contributed by atoms with Gasteiger partial charge in [0.15, 0.2) is 0 Å². The standard InChI is InChI=1S/C12H13FN2O4S/c13-10-4-3-9(2-1-6-16)11(8-10)12(17)15-5-7-20(14,18)19/h3-4,8,16H,5-7H2,(H,15,17)(H2,14,18,19). The summed E-state index contributed by atoms with van der Waals surface area (Å²) in [6.45, 7) is -0.592. The molecule has 0 radical (unpaired) electrons. The smallest absolute Gasteiger partial charge is 0.252 e. The van der Waals surface area contributed by atoms with Gasteiger partial charge in [-0.25, -0.2) is 17.9 Å². The van der Waals surface area contributed by atoms with E-state index in [-0.39, 0.29) is 17.7 Å². The second-order valence-corrected chi connectivity index (χ2v) is 5.51. The summed E-state index contributed by atoms with van der Waals surface area (Å²) in [6.07, 6.45) is 0. The van der Waals surface area contributed by atoms with Crippen molar-refractivity contribution in [2.24, 2.45) is 5.14 Å². The van der Waals surface area contributed by atoms with Gasteiger partial charge in [0.1, 0.15) is 12.4 Å². The van der Waals surface area contributed by atoms with Crippen molar-refractivity contribution in [1.82, 2.24) is 5.32 Å². The van der Waals surface area contributed by atoms with Gasteiger partial charge in [0.05, 0.1) is 11.3 Å². The summed E-state index contributed by atoms with van der Waals surface area (Å²) < 4.78 is 34.6. The molecule has 6 nitrogen and oxygen atoms in total. The summed E-state index contributed by atoms with van der Waals surface area (Å²) >= 11 is 0. The Morgan fingerprint density at radius 3 is 2.75 bits per heavy atom. The van der Waals surface area contributed by atoms with Gasteiger partial charge in [-0.2, -0.15) is 0 Å². The normalized spacial score (nSPS) is 10.6. The number of hydrogen-bond acceptors (Lipinski definition) is 4. The van der Waals surface area contributed by atoms with Crippen molar-refractivity contribution in [2.75, 3.05) is 18.9 Å². The van der Waals surface area contributed by atoms with E-state index in [0.717, 1.165) is 12.1 Å². The van der Waals surface area contributed by atoms with E-state index < -0.39 is 34.1 Å². The molecule has 0 aliphatic carbocycles. The van der Waals surface area contributed by atoms with Crippen LogP contribution in [0.5, 0.6) is 0 Å². The first-order valence-electron chi connectivity index (χ1n) is 5.51. The van der Waals surface area contributed by atoms with E-state index >= 15 is 0 Å². The Labute approximate surface area is 115 Å². The van der Waals surface area contributed by atoms with E-state index in [0.29, 0.717) is 0 Å². The fraction of sp³-hybridized carbons (Fsp3) is 0.250. The van der Waals surface area contributed by atoms with Crippen molar-refractivity contribution >= 4 is 15.9 Å².